The second-order valence-corrected chi connectivity index (χ2v) is 6.95. The van der Waals surface area contributed by atoms with Crippen LogP contribution in [-0.4, -0.2) is 24.7 Å². The summed E-state index contributed by atoms with van der Waals surface area (Å²) in [4.78, 5) is 4.29. The number of guanidine groups is 1. The molecule has 2 N–H and O–H groups in total. The molecular formula is C18H25Cl2IN4O. The summed E-state index contributed by atoms with van der Waals surface area (Å²) < 4.78 is 5.25. The lowest BCUT2D eigenvalue weighted by molar-refractivity contribution is 0.391. The average molecular weight is 511 g/mol. The summed E-state index contributed by atoms with van der Waals surface area (Å²) in [6, 6.07) is 5.65. The fraction of sp³-hybridized carbons (Fsp3) is 0.444. The molecule has 0 radical (unpaired) electrons. The summed E-state index contributed by atoms with van der Waals surface area (Å²) in [6.45, 7) is 8.79. The molecule has 2 atom stereocenters. The van der Waals surface area contributed by atoms with Crippen LogP contribution in [0, 0.1) is 13.8 Å². The van der Waals surface area contributed by atoms with Crippen molar-refractivity contribution in [3.8, 4) is 0 Å². The molecule has 0 aliphatic heterocycles. The molecule has 0 bridgehead atoms. The summed E-state index contributed by atoms with van der Waals surface area (Å²) in [7, 11) is 1.75. The van der Waals surface area contributed by atoms with E-state index in [-0.39, 0.29) is 35.9 Å². The van der Waals surface area contributed by atoms with Gasteiger partial charge in [-0.1, -0.05) is 41.3 Å². The third-order valence-electron chi connectivity index (χ3n) is 4.18. The van der Waals surface area contributed by atoms with Crippen LogP contribution in [-0.2, 0) is 0 Å². The maximum absolute atomic E-state index is 6.10. The van der Waals surface area contributed by atoms with E-state index >= 15 is 0 Å². The molecule has 2 rings (SSSR count). The first-order chi connectivity index (χ1) is 11.8. The van der Waals surface area contributed by atoms with Gasteiger partial charge >= 0.3 is 0 Å². The summed E-state index contributed by atoms with van der Waals surface area (Å²) in [5.41, 5.74) is 3.11. The molecule has 0 amide bonds. The van der Waals surface area contributed by atoms with Crippen molar-refractivity contribution in [3.05, 3.63) is 50.8 Å². The smallest absolute Gasteiger partial charge is 0.191 e. The zero-order valence-electron chi connectivity index (χ0n) is 15.6. The summed E-state index contributed by atoms with van der Waals surface area (Å²) >= 11 is 12.1. The molecule has 5 nitrogen and oxygen atoms in total. The number of aromatic nitrogens is 1. The Balaban J connectivity index is 0.00000338. The van der Waals surface area contributed by atoms with Gasteiger partial charge in [0.05, 0.1) is 21.8 Å². The van der Waals surface area contributed by atoms with Crippen LogP contribution in [0.5, 0.6) is 0 Å². The molecule has 0 saturated carbocycles. The Morgan fingerprint density at radius 2 is 1.92 bits per heavy atom. The Hall–Kier alpha value is -0.990. The second kappa shape index (κ2) is 10.4. The van der Waals surface area contributed by atoms with Gasteiger partial charge in [0, 0.05) is 25.1 Å². The van der Waals surface area contributed by atoms with E-state index in [2.05, 4.69) is 27.7 Å². The van der Waals surface area contributed by atoms with E-state index in [1.165, 1.54) is 0 Å². The van der Waals surface area contributed by atoms with Gasteiger partial charge in [-0.15, -0.1) is 24.0 Å². The van der Waals surface area contributed by atoms with Gasteiger partial charge in [-0.3, -0.25) is 4.99 Å². The highest BCUT2D eigenvalue weighted by molar-refractivity contribution is 14.0. The number of benzene rings is 1. The molecule has 0 saturated heterocycles. The first-order valence-corrected chi connectivity index (χ1v) is 8.94. The lowest BCUT2D eigenvalue weighted by Gasteiger charge is -2.20. The van der Waals surface area contributed by atoms with Crippen LogP contribution in [0.1, 0.15) is 48.4 Å². The van der Waals surface area contributed by atoms with E-state index in [1.54, 1.807) is 13.1 Å². The largest absolute Gasteiger partial charge is 0.361 e. The van der Waals surface area contributed by atoms with E-state index in [0.29, 0.717) is 10.0 Å². The number of aryl methyl sites for hydroxylation is 2. The third-order valence-corrected chi connectivity index (χ3v) is 4.92. The Bertz CT molecular complexity index is 744. The number of aliphatic imine (C=N–C) groups is 1. The fourth-order valence-electron chi connectivity index (χ4n) is 2.81. The molecule has 0 fully saturated rings. The number of nitrogens with one attached hydrogen (secondary N) is 2. The number of nitrogens with zero attached hydrogens (tertiary/aromatic N) is 2. The van der Waals surface area contributed by atoms with E-state index < -0.39 is 0 Å². The van der Waals surface area contributed by atoms with Gasteiger partial charge in [-0.2, -0.15) is 0 Å². The Labute approximate surface area is 181 Å². The average Bonchev–Trinajstić information content (AvgIpc) is 2.92. The normalized spacial score (nSPS) is 13.7. The van der Waals surface area contributed by atoms with Crippen molar-refractivity contribution >= 4 is 53.1 Å². The third kappa shape index (κ3) is 5.76. The van der Waals surface area contributed by atoms with Crippen LogP contribution >= 0.6 is 47.2 Å². The quantitative estimate of drug-likeness (QED) is 0.328. The van der Waals surface area contributed by atoms with Crippen molar-refractivity contribution in [3.63, 3.8) is 0 Å². The van der Waals surface area contributed by atoms with Crippen LogP contribution in [0.15, 0.2) is 27.7 Å². The number of rotatable bonds is 5. The first-order valence-electron chi connectivity index (χ1n) is 8.18. The van der Waals surface area contributed by atoms with Crippen LogP contribution in [0.4, 0.5) is 0 Å². The standard InChI is InChI=1S/C18H24Cl2N4O.HI/c1-10(17-12(3)24-25-13(17)4)9-22-18(21-5)23-11(2)14-6-7-15(19)16(20)8-14;/h6-8,10-11H,9H2,1-5H3,(H2,21,22,23);1H. The van der Waals surface area contributed by atoms with Crippen LogP contribution in [0.25, 0.3) is 0 Å². The lowest BCUT2D eigenvalue weighted by atomic mass is 10.00. The topological polar surface area (TPSA) is 62.5 Å². The van der Waals surface area contributed by atoms with E-state index in [0.717, 1.165) is 35.1 Å². The SMILES string of the molecule is CN=C(NCC(C)c1c(C)noc1C)NC(C)c1ccc(Cl)c(Cl)c1.I. The van der Waals surface area contributed by atoms with Gasteiger partial charge < -0.3 is 15.2 Å². The van der Waals surface area contributed by atoms with Crippen molar-refractivity contribution < 1.29 is 4.52 Å². The number of halogens is 3. The summed E-state index contributed by atoms with van der Waals surface area (Å²) in [5, 5.41) is 11.8. The van der Waals surface area contributed by atoms with E-state index in [1.807, 2.05) is 32.9 Å². The maximum atomic E-state index is 6.10. The number of hydrogen-bond donors (Lipinski definition) is 2. The second-order valence-electron chi connectivity index (χ2n) is 6.13. The van der Waals surface area contributed by atoms with Crippen LogP contribution in [0.3, 0.4) is 0 Å². The van der Waals surface area contributed by atoms with Gasteiger partial charge in [-0.25, -0.2) is 0 Å². The predicted octanol–water partition coefficient (Wildman–Crippen LogP) is 5.25. The van der Waals surface area contributed by atoms with Crippen molar-refractivity contribution in [1.29, 1.82) is 0 Å². The highest BCUT2D eigenvalue weighted by Gasteiger charge is 2.17. The Morgan fingerprint density at radius 1 is 1.23 bits per heavy atom. The van der Waals surface area contributed by atoms with Gasteiger partial charge in [0.2, 0.25) is 0 Å². The van der Waals surface area contributed by atoms with Crippen LogP contribution in [0.2, 0.25) is 10.0 Å². The molecule has 2 aromatic rings. The fourth-order valence-corrected chi connectivity index (χ4v) is 3.12. The minimum Gasteiger partial charge on any atom is -0.361 e. The van der Waals surface area contributed by atoms with Gasteiger partial charge in [0.15, 0.2) is 5.96 Å². The summed E-state index contributed by atoms with van der Waals surface area (Å²) in [5.74, 6) is 1.83. The monoisotopic (exact) mass is 510 g/mol. The molecule has 26 heavy (non-hydrogen) atoms. The molecule has 0 spiro atoms. The lowest BCUT2D eigenvalue weighted by Crippen LogP contribution is -2.40. The first kappa shape index (κ1) is 23.0. The molecule has 144 valence electrons. The number of hydrogen-bond acceptors (Lipinski definition) is 3. The van der Waals surface area contributed by atoms with Crippen molar-refractivity contribution in [2.24, 2.45) is 4.99 Å². The highest BCUT2D eigenvalue weighted by Crippen LogP contribution is 2.25. The zero-order valence-corrected chi connectivity index (χ0v) is 19.4. The molecule has 2 unspecified atom stereocenters. The maximum Gasteiger partial charge on any atom is 0.191 e. The molecule has 1 aromatic carbocycles. The summed E-state index contributed by atoms with van der Waals surface area (Å²) in [6.07, 6.45) is 0. The molecule has 0 aliphatic rings. The Morgan fingerprint density at radius 3 is 2.46 bits per heavy atom. The zero-order chi connectivity index (χ0) is 18.6. The predicted molar refractivity (Wildman–Crippen MR) is 119 cm³/mol. The molecule has 1 heterocycles. The van der Waals surface area contributed by atoms with Crippen LogP contribution < -0.4 is 10.6 Å². The van der Waals surface area contributed by atoms with Gasteiger partial charge in [0.25, 0.3) is 0 Å². The van der Waals surface area contributed by atoms with Crippen molar-refractivity contribution in [2.45, 2.75) is 39.7 Å². The van der Waals surface area contributed by atoms with Gasteiger partial charge in [0.1, 0.15) is 5.76 Å². The van der Waals surface area contributed by atoms with Crippen molar-refractivity contribution in [1.82, 2.24) is 15.8 Å². The van der Waals surface area contributed by atoms with Gasteiger partial charge in [-0.05, 0) is 38.5 Å². The van der Waals surface area contributed by atoms with E-state index in [4.69, 9.17) is 27.7 Å². The molecular weight excluding hydrogens is 486 g/mol. The minimum atomic E-state index is 0. The van der Waals surface area contributed by atoms with E-state index in [9.17, 15) is 0 Å². The minimum absolute atomic E-state index is 0. The van der Waals surface area contributed by atoms with Crippen molar-refractivity contribution in [2.75, 3.05) is 13.6 Å². The Kier molecular flexibility index (Phi) is 9.19. The molecule has 0 aliphatic carbocycles. The highest BCUT2D eigenvalue weighted by atomic mass is 127. The molecule has 8 heteroatoms. The molecule has 1 aromatic heterocycles.